The van der Waals surface area contributed by atoms with Gasteiger partial charge in [-0.25, -0.2) is 8.78 Å². The molecule has 0 aromatic carbocycles. The summed E-state index contributed by atoms with van der Waals surface area (Å²) in [5.41, 5.74) is 0. The Morgan fingerprint density at radius 3 is 2.71 bits per heavy atom. The van der Waals surface area contributed by atoms with Gasteiger partial charge in [0.1, 0.15) is 12.3 Å². The van der Waals surface area contributed by atoms with Crippen LogP contribution in [0.5, 0.6) is 0 Å². The van der Waals surface area contributed by atoms with E-state index in [1.165, 1.54) is 12.0 Å². The summed E-state index contributed by atoms with van der Waals surface area (Å²) in [6, 6.07) is 0. The zero-order valence-electron chi connectivity index (χ0n) is 8.54. The Hall–Kier alpha value is -0.260. The van der Waals surface area contributed by atoms with Gasteiger partial charge in [0, 0.05) is 13.7 Å². The number of nitrogens with zero attached hydrogens (tertiary/aromatic N) is 1. The molecule has 1 saturated heterocycles. The van der Waals surface area contributed by atoms with Crippen molar-refractivity contribution in [3.05, 3.63) is 0 Å². The van der Waals surface area contributed by atoms with E-state index in [1.807, 2.05) is 0 Å². The van der Waals surface area contributed by atoms with Gasteiger partial charge < -0.3 is 9.84 Å². The van der Waals surface area contributed by atoms with Crippen molar-refractivity contribution in [1.29, 1.82) is 0 Å². The molecule has 0 aromatic heterocycles. The molecule has 84 valence electrons. The van der Waals surface area contributed by atoms with Crippen molar-refractivity contribution < 1.29 is 18.6 Å². The van der Waals surface area contributed by atoms with Crippen molar-refractivity contribution in [3.8, 4) is 0 Å². The molecule has 0 amide bonds. The topological polar surface area (TPSA) is 32.7 Å². The van der Waals surface area contributed by atoms with Crippen molar-refractivity contribution >= 4 is 0 Å². The second kappa shape index (κ2) is 4.51. The highest BCUT2D eigenvalue weighted by Gasteiger charge is 2.45. The summed E-state index contributed by atoms with van der Waals surface area (Å²) in [5, 5.41) is 9.43. The van der Waals surface area contributed by atoms with E-state index in [0.717, 1.165) is 0 Å². The van der Waals surface area contributed by atoms with Crippen LogP contribution >= 0.6 is 0 Å². The first kappa shape index (κ1) is 11.8. The van der Waals surface area contributed by atoms with Crippen LogP contribution < -0.4 is 0 Å². The second-order valence-electron chi connectivity index (χ2n) is 3.63. The summed E-state index contributed by atoms with van der Waals surface area (Å²) in [7, 11) is 1.30. The fourth-order valence-corrected chi connectivity index (χ4v) is 1.75. The van der Waals surface area contributed by atoms with Gasteiger partial charge in [0.2, 0.25) is 0 Å². The average Bonchev–Trinajstić information content (AvgIpc) is 2.15. The van der Waals surface area contributed by atoms with Crippen LogP contribution in [0.1, 0.15) is 19.8 Å². The zero-order valence-corrected chi connectivity index (χ0v) is 8.54. The molecule has 1 rings (SSSR count). The van der Waals surface area contributed by atoms with E-state index in [1.54, 1.807) is 6.92 Å². The van der Waals surface area contributed by atoms with Crippen molar-refractivity contribution in [2.45, 2.75) is 38.0 Å². The number of likely N-dealkylation sites (tertiary alicyclic amines) is 1. The predicted octanol–water partition coefficient (Wildman–Crippen LogP) is 1.07. The Bertz CT molecular complexity index is 190. The smallest absolute Gasteiger partial charge is 0.286 e. The van der Waals surface area contributed by atoms with Crippen LogP contribution in [0, 0.1) is 0 Å². The molecular formula is C9H17F2NO2. The lowest BCUT2D eigenvalue weighted by Gasteiger charge is -2.39. The van der Waals surface area contributed by atoms with E-state index in [4.69, 9.17) is 4.74 Å². The molecule has 3 nitrogen and oxygen atoms in total. The Morgan fingerprint density at radius 1 is 1.64 bits per heavy atom. The van der Waals surface area contributed by atoms with Crippen LogP contribution in [0.15, 0.2) is 0 Å². The summed E-state index contributed by atoms with van der Waals surface area (Å²) < 4.78 is 31.4. The normalized spacial score (nSPS) is 30.2. The summed E-state index contributed by atoms with van der Waals surface area (Å²) in [6.45, 7) is 1.81. The fourth-order valence-electron chi connectivity index (χ4n) is 1.75. The molecular weight excluding hydrogens is 192 g/mol. The number of aliphatic hydroxyl groups is 1. The third-order valence-corrected chi connectivity index (χ3v) is 2.63. The lowest BCUT2D eigenvalue weighted by Crippen LogP contribution is -2.55. The third-order valence-electron chi connectivity index (χ3n) is 2.63. The van der Waals surface area contributed by atoms with Crippen LogP contribution in [0.2, 0.25) is 0 Å². The molecule has 0 aliphatic carbocycles. The van der Waals surface area contributed by atoms with Gasteiger partial charge in [0.05, 0.1) is 6.54 Å². The number of hydrogen-bond acceptors (Lipinski definition) is 3. The van der Waals surface area contributed by atoms with Gasteiger partial charge in [-0.3, -0.25) is 4.90 Å². The number of piperidine rings is 1. The van der Waals surface area contributed by atoms with Crippen molar-refractivity contribution in [3.63, 3.8) is 0 Å². The van der Waals surface area contributed by atoms with E-state index in [-0.39, 0.29) is 6.42 Å². The maximum atomic E-state index is 13.3. The summed E-state index contributed by atoms with van der Waals surface area (Å²) in [5.74, 6) is -2.86. The zero-order chi connectivity index (χ0) is 10.8. The minimum atomic E-state index is -2.86. The number of alkyl halides is 2. The van der Waals surface area contributed by atoms with Crippen LogP contribution in [0.3, 0.4) is 0 Å². The fraction of sp³-hybridized carbons (Fsp3) is 1.00. The molecule has 1 aliphatic heterocycles. The number of halogens is 2. The molecule has 1 unspecified atom stereocenters. The number of rotatable bonds is 3. The van der Waals surface area contributed by atoms with Crippen molar-refractivity contribution in [2.24, 2.45) is 0 Å². The lowest BCUT2D eigenvalue weighted by molar-refractivity contribution is -0.184. The molecule has 1 heterocycles. The van der Waals surface area contributed by atoms with E-state index in [2.05, 4.69) is 0 Å². The largest absolute Gasteiger partial charge is 0.378 e. The van der Waals surface area contributed by atoms with Crippen LogP contribution in [-0.2, 0) is 4.74 Å². The number of aliphatic hydroxyl groups excluding tert-OH is 1. The van der Waals surface area contributed by atoms with Gasteiger partial charge in [0.15, 0.2) is 0 Å². The Kier molecular flexibility index (Phi) is 3.80. The second-order valence-corrected chi connectivity index (χ2v) is 3.63. The highest BCUT2D eigenvalue weighted by atomic mass is 19.3. The lowest BCUT2D eigenvalue weighted by atomic mass is 10.0. The van der Waals surface area contributed by atoms with Crippen molar-refractivity contribution in [2.75, 3.05) is 20.2 Å². The Morgan fingerprint density at radius 2 is 2.29 bits per heavy atom. The quantitative estimate of drug-likeness (QED) is 0.754. The maximum Gasteiger partial charge on any atom is 0.286 e. The molecule has 0 spiro atoms. The molecule has 0 aromatic rings. The highest BCUT2D eigenvalue weighted by molar-refractivity contribution is 4.88. The molecule has 5 heteroatoms. The molecule has 1 fully saturated rings. The van der Waals surface area contributed by atoms with E-state index >= 15 is 0 Å². The molecule has 1 N–H and O–H groups in total. The molecule has 0 bridgehead atoms. The summed E-state index contributed by atoms with van der Waals surface area (Å²) in [4.78, 5) is 1.40. The number of methoxy groups -OCH3 is 1. The average molecular weight is 209 g/mol. The van der Waals surface area contributed by atoms with E-state index in [0.29, 0.717) is 13.0 Å². The van der Waals surface area contributed by atoms with Gasteiger partial charge >= 0.3 is 0 Å². The van der Waals surface area contributed by atoms with Crippen molar-refractivity contribution in [1.82, 2.24) is 4.90 Å². The van der Waals surface area contributed by atoms with Crippen LogP contribution in [-0.4, -0.2) is 48.5 Å². The molecule has 1 aliphatic rings. The van der Waals surface area contributed by atoms with Gasteiger partial charge in [-0.05, 0) is 12.8 Å². The minimum absolute atomic E-state index is 0.264. The predicted molar refractivity (Wildman–Crippen MR) is 48.2 cm³/mol. The highest BCUT2D eigenvalue weighted by Crippen LogP contribution is 2.30. The number of ether oxygens (including phenoxy) is 1. The summed E-state index contributed by atoms with van der Waals surface area (Å²) in [6.07, 6.45) is -1.05. The van der Waals surface area contributed by atoms with Gasteiger partial charge in [-0.2, -0.15) is 0 Å². The number of hydrogen-bond donors (Lipinski definition) is 1. The summed E-state index contributed by atoms with van der Waals surface area (Å²) >= 11 is 0. The van der Waals surface area contributed by atoms with E-state index < -0.39 is 24.8 Å². The monoisotopic (exact) mass is 209 g/mol. The molecule has 0 radical (unpaired) electrons. The first-order chi connectivity index (χ1) is 6.51. The molecule has 0 saturated carbocycles. The van der Waals surface area contributed by atoms with Gasteiger partial charge in [0.25, 0.3) is 5.92 Å². The molecule has 14 heavy (non-hydrogen) atoms. The molecule has 2 atom stereocenters. The Balaban J connectivity index is 2.58. The first-order valence-electron chi connectivity index (χ1n) is 4.84. The first-order valence-corrected chi connectivity index (χ1v) is 4.84. The van der Waals surface area contributed by atoms with Gasteiger partial charge in [-0.1, -0.05) is 6.92 Å². The van der Waals surface area contributed by atoms with E-state index in [9.17, 15) is 13.9 Å². The third kappa shape index (κ3) is 2.40. The van der Waals surface area contributed by atoms with Crippen LogP contribution in [0.4, 0.5) is 8.78 Å². The maximum absolute atomic E-state index is 13.3. The van der Waals surface area contributed by atoms with Crippen LogP contribution in [0.25, 0.3) is 0 Å². The Labute approximate surface area is 82.7 Å². The SMILES string of the molecule is CCC(O)N1CC[C@@H](OC)C(F)(F)C1. The minimum Gasteiger partial charge on any atom is -0.378 e. The standard InChI is InChI=1S/C9H17F2NO2/c1-3-8(13)12-5-4-7(14-2)9(10,11)6-12/h7-8,13H,3-6H2,1-2H3/t7-,8?/m1/s1. The van der Waals surface area contributed by atoms with Gasteiger partial charge in [-0.15, -0.1) is 0 Å².